The quantitative estimate of drug-likeness (QED) is 0.799. The minimum absolute atomic E-state index is 0.897. The lowest BCUT2D eigenvalue weighted by molar-refractivity contribution is 0.148. The van der Waals surface area contributed by atoms with Gasteiger partial charge in [-0.05, 0) is 43.7 Å². The van der Waals surface area contributed by atoms with Gasteiger partial charge in [-0.1, -0.05) is 17.7 Å². The minimum Gasteiger partial charge on any atom is -0.304 e. The first kappa shape index (κ1) is 12.9. The normalized spacial score (nSPS) is 18.6. The maximum absolute atomic E-state index is 6.23. The molecule has 0 aromatic heterocycles. The molecule has 2 rings (SSSR count). The molecule has 0 N–H and O–H groups in total. The summed E-state index contributed by atoms with van der Waals surface area (Å²) in [5, 5.41) is 0.897. The average Bonchev–Trinajstić information content (AvgIpc) is 2.28. The van der Waals surface area contributed by atoms with Gasteiger partial charge in [0.15, 0.2) is 0 Å². The van der Waals surface area contributed by atoms with E-state index >= 15 is 0 Å². The third kappa shape index (κ3) is 3.21. The predicted octanol–water partition coefficient (Wildman–Crippen LogP) is 2.70. The topological polar surface area (TPSA) is 6.48 Å². The lowest BCUT2D eigenvalue weighted by Gasteiger charge is -2.32. The molecule has 1 aliphatic heterocycles. The summed E-state index contributed by atoms with van der Waals surface area (Å²) in [7, 11) is 2.19. The molecule has 0 radical (unpaired) electrons. The zero-order valence-corrected chi connectivity index (χ0v) is 11.7. The third-order valence-corrected chi connectivity index (χ3v) is 3.98. The Hall–Kier alpha value is -0.570. The van der Waals surface area contributed by atoms with Crippen molar-refractivity contribution in [2.75, 3.05) is 33.2 Å². The lowest BCUT2D eigenvalue weighted by atomic mass is 10.0. The number of likely N-dealkylation sites (N-methyl/N-ethyl adjacent to an activating group) is 1. The molecule has 1 aromatic carbocycles. The second-order valence-corrected chi connectivity index (χ2v) is 5.52. The minimum atomic E-state index is 0.897. The molecule has 1 saturated heterocycles. The fraction of sp³-hybridized carbons (Fsp3) is 0.571. The summed E-state index contributed by atoms with van der Waals surface area (Å²) in [6.45, 7) is 9.90. The van der Waals surface area contributed by atoms with Crippen molar-refractivity contribution >= 4 is 11.6 Å². The van der Waals surface area contributed by atoms with Gasteiger partial charge in [0.05, 0.1) is 0 Å². The third-order valence-electron chi connectivity index (χ3n) is 3.59. The number of halogens is 1. The highest BCUT2D eigenvalue weighted by Gasteiger charge is 2.15. The van der Waals surface area contributed by atoms with Crippen molar-refractivity contribution < 1.29 is 0 Å². The number of piperazine rings is 1. The molecule has 3 heteroatoms. The Bertz CT molecular complexity index is 395. The van der Waals surface area contributed by atoms with Gasteiger partial charge in [-0.3, -0.25) is 4.90 Å². The summed E-state index contributed by atoms with van der Waals surface area (Å²) in [4.78, 5) is 4.89. The molecule has 0 unspecified atom stereocenters. The maximum Gasteiger partial charge on any atom is 0.0441 e. The van der Waals surface area contributed by atoms with E-state index in [1.807, 2.05) is 6.07 Å². The summed E-state index contributed by atoms with van der Waals surface area (Å²) in [6, 6.07) is 4.31. The predicted molar refractivity (Wildman–Crippen MR) is 73.7 cm³/mol. The summed E-state index contributed by atoms with van der Waals surface area (Å²) in [6.07, 6.45) is 0. The lowest BCUT2D eigenvalue weighted by Crippen LogP contribution is -2.43. The molecule has 94 valence electrons. The van der Waals surface area contributed by atoms with Gasteiger partial charge in [-0.15, -0.1) is 0 Å². The van der Waals surface area contributed by atoms with Crippen LogP contribution in [0.5, 0.6) is 0 Å². The van der Waals surface area contributed by atoms with E-state index in [1.165, 1.54) is 29.8 Å². The van der Waals surface area contributed by atoms with Crippen LogP contribution >= 0.6 is 11.6 Å². The van der Waals surface area contributed by atoms with Gasteiger partial charge in [-0.2, -0.15) is 0 Å². The molecule has 17 heavy (non-hydrogen) atoms. The van der Waals surface area contributed by atoms with Crippen molar-refractivity contribution in [1.29, 1.82) is 0 Å². The Morgan fingerprint density at radius 2 is 1.76 bits per heavy atom. The fourth-order valence-electron chi connectivity index (χ4n) is 2.30. The van der Waals surface area contributed by atoms with E-state index in [0.717, 1.165) is 24.7 Å². The van der Waals surface area contributed by atoms with E-state index < -0.39 is 0 Å². The van der Waals surface area contributed by atoms with E-state index in [1.54, 1.807) is 0 Å². The van der Waals surface area contributed by atoms with Crippen molar-refractivity contribution in [3.05, 3.63) is 33.8 Å². The number of nitrogens with zero attached hydrogens (tertiary/aromatic N) is 2. The van der Waals surface area contributed by atoms with Crippen LogP contribution in [0.3, 0.4) is 0 Å². The van der Waals surface area contributed by atoms with Crippen molar-refractivity contribution in [2.24, 2.45) is 0 Å². The maximum atomic E-state index is 6.23. The molecular formula is C14H21ClN2. The van der Waals surface area contributed by atoms with Gasteiger partial charge in [0.25, 0.3) is 0 Å². The average molecular weight is 253 g/mol. The van der Waals surface area contributed by atoms with E-state index in [0.29, 0.717) is 0 Å². The first-order valence-corrected chi connectivity index (χ1v) is 6.60. The number of aryl methyl sites for hydroxylation is 1. The van der Waals surface area contributed by atoms with Crippen LogP contribution < -0.4 is 0 Å². The van der Waals surface area contributed by atoms with Crippen LogP contribution in [0.25, 0.3) is 0 Å². The highest BCUT2D eigenvalue weighted by molar-refractivity contribution is 6.31. The fourth-order valence-corrected chi connectivity index (χ4v) is 2.59. The zero-order chi connectivity index (χ0) is 12.4. The van der Waals surface area contributed by atoms with Gasteiger partial charge >= 0.3 is 0 Å². The molecule has 1 aliphatic rings. The molecule has 0 bridgehead atoms. The molecule has 1 aromatic rings. The molecule has 0 spiro atoms. The first-order valence-electron chi connectivity index (χ1n) is 6.23. The van der Waals surface area contributed by atoms with E-state index in [9.17, 15) is 0 Å². The molecule has 0 saturated carbocycles. The summed E-state index contributed by atoms with van der Waals surface area (Å²) >= 11 is 6.23. The van der Waals surface area contributed by atoms with Gasteiger partial charge in [-0.25, -0.2) is 0 Å². The van der Waals surface area contributed by atoms with Crippen LogP contribution in [0.4, 0.5) is 0 Å². The smallest absolute Gasteiger partial charge is 0.0441 e. The summed E-state index contributed by atoms with van der Waals surface area (Å²) in [5.74, 6) is 0. The Morgan fingerprint density at radius 3 is 2.41 bits per heavy atom. The van der Waals surface area contributed by atoms with E-state index in [4.69, 9.17) is 11.6 Å². The molecule has 1 fully saturated rings. The van der Waals surface area contributed by atoms with Crippen LogP contribution in [0.15, 0.2) is 12.1 Å². The highest BCUT2D eigenvalue weighted by Crippen LogP contribution is 2.22. The van der Waals surface area contributed by atoms with Crippen LogP contribution in [0, 0.1) is 13.8 Å². The van der Waals surface area contributed by atoms with Gasteiger partial charge in [0.2, 0.25) is 0 Å². The van der Waals surface area contributed by atoms with Gasteiger partial charge < -0.3 is 4.90 Å². The van der Waals surface area contributed by atoms with E-state index in [2.05, 4.69) is 36.8 Å². The van der Waals surface area contributed by atoms with Crippen LogP contribution in [-0.4, -0.2) is 43.0 Å². The number of benzene rings is 1. The van der Waals surface area contributed by atoms with Crippen LogP contribution in [0.2, 0.25) is 5.02 Å². The zero-order valence-electron chi connectivity index (χ0n) is 11.0. The first-order chi connectivity index (χ1) is 8.06. The molecule has 0 atom stereocenters. The summed E-state index contributed by atoms with van der Waals surface area (Å²) < 4.78 is 0. The number of rotatable bonds is 2. The standard InChI is InChI=1S/C14H21ClN2/c1-11-8-13(12(2)14(15)9-11)10-17-6-4-16(3)5-7-17/h8-9H,4-7,10H2,1-3H3. The molecular weight excluding hydrogens is 232 g/mol. The van der Waals surface area contributed by atoms with Gasteiger partial charge in [0, 0.05) is 37.7 Å². The number of hydrogen-bond donors (Lipinski definition) is 0. The SMILES string of the molecule is Cc1cc(Cl)c(C)c(CN2CCN(C)CC2)c1. The number of hydrogen-bond acceptors (Lipinski definition) is 2. The second kappa shape index (κ2) is 5.38. The molecule has 1 heterocycles. The monoisotopic (exact) mass is 252 g/mol. The van der Waals surface area contributed by atoms with Crippen molar-refractivity contribution in [3.63, 3.8) is 0 Å². The molecule has 0 amide bonds. The highest BCUT2D eigenvalue weighted by atomic mass is 35.5. The molecule has 0 aliphatic carbocycles. The van der Waals surface area contributed by atoms with Crippen molar-refractivity contribution in [3.8, 4) is 0 Å². The Labute approximate surface area is 109 Å². The van der Waals surface area contributed by atoms with Gasteiger partial charge in [0.1, 0.15) is 0 Å². The molecule has 2 nitrogen and oxygen atoms in total. The Balaban J connectivity index is 2.08. The van der Waals surface area contributed by atoms with Crippen LogP contribution in [0.1, 0.15) is 16.7 Å². The van der Waals surface area contributed by atoms with E-state index in [-0.39, 0.29) is 0 Å². The largest absolute Gasteiger partial charge is 0.304 e. The second-order valence-electron chi connectivity index (χ2n) is 5.11. The van der Waals surface area contributed by atoms with Crippen molar-refractivity contribution in [1.82, 2.24) is 9.80 Å². The Morgan fingerprint density at radius 1 is 1.12 bits per heavy atom. The van der Waals surface area contributed by atoms with Crippen LogP contribution in [-0.2, 0) is 6.54 Å². The summed E-state index contributed by atoms with van der Waals surface area (Å²) in [5.41, 5.74) is 3.86. The Kier molecular flexibility index (Phi) is 4.08. The van der Waals surface area contributed by atoms with Crippen molar-refractivity contribution in [2.45, 2.75) is 20.4 Å².